The lowest BCUT2D eigenvalue weighted by molar-refractivity contribution is 1.14. The van der Waals surface area contributed by atoms with Crippen LogP contribution in [0.15, 0.2) is 72.8 Å². The van der Waals surface area contributed by atoms with Crippen LogP contribution in [0.1, 0.15) is 35.1 Å². The molecule has 22 heavy (non-hydrogen) atoms. The van der Waals surface area contributed by atoms with E-state index < -0.39 is 0 Å². The summed E-state index contributed by atoms with van der Waals surface area (Å²) in [7, 11) is 0. The highest BCUT2D eigenvalue weighted by molar-refractivity contribution is 5.74. The molecule has 0 bridgehead atoms. The van der Waals surface area contributed by atoms with Crippen LogP contribution in [-0.2, 0) is 6.42 Å². The van der Waals surface area contributed by atoms with Crippen LogP contribution in [-0.4, -0.2) is 0 Å². The smallest absolute Gasteiger partial charge is 0.00637 e. The summed E-state index contributed by atoms with van der Waals surface area (Å²) in [5.74, 6) is 0. The molecule has 3 rings (SSSR count). The first-order chi connectivity index (χ1) is 10.7. The number of fused-ring (bicyclic) bond motifs is 1. The normalized spacial score (nSPS) is 13.2. The Balaban J connectivity index is 1.56. The summed E-state index contributed by atoms with van der Waals surface area (Å²) in [6, 6.07) is 17.3. The standard InChI is InChI=1S/C22H22/c1-17-10-12-19(13-11-17)7-5-6-18(2)16-21-15-14-20-8-3-4-9-22(20)21/h3-5,7-13,15H,2,6,14,16H2,1H3/b7-5+. The van der Waals surface area contributed by atoms with Gasteiger partial charge in [-0.15, -0.1) is 0 Å². The molecule has 0 spiro atoms. The Labute approximate surface area is 133 Å². The number of hydrogen-bond acceptors (Lipinski definition) is 0. The fraction of sp³-hybridized carbons (Fsp3) is 0.182. The van der Waals surface area contributed by atoms with E-state index in [0.29, 0.717) is 0 Å². The Kier molecular flexibility index (Phi) is 4.39. The van der Waals surface area contributed by atoms with Crippen LogP contribution in [0.2, 0.25) is 0 Å². The van der Waals surface area contributed by atoms with Gasteiger partial charge in [-0.1, -0.05) is 84.5 Å². The fourth-order valence-corrected chi connectivity index (χ4v) is 2.90. The number of hydrogen-bond donors (Lipinski definition) is 0. The van der Waals surface area contributed by atoms with Crippen LogP contribution >= 0.6 is 0 Å². The lowest BCUT2D eigenvalue weighted by Crippen LogP contribution is -1.86. The molecule has 0 saturated heterocycles. The molecule has 0 N–H and O–H groups in total. The van der Waals surface area contributed by atoms with Crippen molar-refractivity contribution >= 4 is 11.6 Å². The van der Waals surface area contributed by atoms with Crippen molar-refractivity contribution in [2.24, 2.45) is 0 Å². The summed E-state index contributed by atoms with van der Waals surface area (Å²) < 4.78 is 0. The Morgan fingerprint density at radius 1 is 1.09 bits per heavy atom. The minimum atomic E-state index is 0.938. The van der Waals surface area contributed by atoms with E-state index in [1.165, 1.54) is 33.4 Å². The van der Waals surface area contributed by atoms with Gasteiger partial charge in [0.15, 0.2) is 0 Å². The predicted octanol–water partition coefficient (Wildman–Crippen LogP) is 5.98. The third-order valence-corrected chi connectivity index (χ3v) is 4.17. The summed E-state index contributed by atoms with van der Waals surface area (Å²) >= 11 is 0. The molecule has 0 nitrogen and oxygen atoms in total. The van der Waals surface area contributed by atoms with E-state index >= 15 is 0 Å². The topological polar surface area (TPSA) is 0 Å². The molecule has 0 unspecified atom stereocenters. The molecule has 110 valence electrons. The van der Waals surface area contributed by atoms with Crippen molar-refractivity contribution in [2.75, 3.05) is 0 Å². The summed E-state index contributed by atoms with van der Waals surface area (Å²) in [4.78, 5) is 0. The minimum Gasteiger partial charge on any atom is -0.0992 e. The Hall–Kier alpha value is -2.34. The minimum absolute atomic E-state index is 0.938. The van der Waals surface area contributed by atoms with Crippen molar-refractivity contribution in [1.29, 1.82) is 0 Å². The van der Waals surface area contributed by atoms with E-state index in [4.69, 9.17) is 0 Å². The van der Waals surface area contributed by atoms with Gasteiger partial charge < -0.3 is 0 Å². The van der Waals surface area contributed by atoms with Crippen molar-refractivity contribution < 1.29 is 0 Å². The first-order valence-electron chi connectivity index (χ1n) is 7.89. The van der Waals surface area contributed by atoms with E-state index in [1.54, 1.807) is 0 Å². The maximum absolute atomic E-state index is 4.24. The van der Waals surface area contributed by atoms with E-state index in [0.717, 1.165) is 19.3 Å². The van der Waals surface area contributed by atoms with Gasteiger partial charge in [-0.25, -0.2) is 0 Å². The quantitative estimate of drug-likeness (QED) is 0.593. The largest absolute Gasteiger partial charge is 0.0992 e. The van der Waals surface area contributed by atoms with Gasteiger partial charge in [0.25, 0.3) is 0 Å². The first kappa shape index (κ1) is 14.6. The van der Waals surface area contributed by atoms with Crippen molar-refractivity contribution in [3.05, 3.63) is 95.1 Å². The molecule has 0 heterocycles. The van der Waals surface area contributed by atoms with Crippen molar-refractivity contribution in [2.45, 2.75) is 26.2 Å². The molecule has 0 saturated carbocycles. The third kappa shape index (κ3) is 3.46. The highest BCUT2D eigenvalue weighted by Gasteiger charge is 2.13. The molecule has 0 heteroatoms. The van der Waals surface area contributed by atoms with Crippen molar-refractivity contribution in [1.82, 2.24) is 0 Å². The Morgan fingerprint density at radius 2 is 1.86 bits per heavy atom. The van der Waals surface area contributed by atoms with Gasteiger partial charge in [0.05, 0.1) is 0 Å². The molecule has 0 atom stereocenters. The lowest BCUT2D eigenvalue weighted by atomic mass is 9.98. The van der Waals surface area contributed by atoms with Crippen molar-refractivity contribution in [3.63, 3.8) is 0 Å². The van der Waals surface area contributed by atoms with Crippen LogP contribution in [0.5, 0.6) is 0 Å². The van der Waals surface area contributed by atoms with Crippen LogP contribution < -0.4 is 0 Å². The third-order valence-electron chi connectivity index (χ3n) is 4.17. The van der Waals surface area contributed by atoms with E-state index in [2.05, 4.69) is 80.3 Å². The SMILES string of the molecule is C=C(C/C=C/c1ccc(C)cc1)CC1=CCc2ccccc21. The maximum atomic E-state index is 4.24. The summed E-state index contributed by atoms with van der Waals surface area (Å²) in [5, 5.41) is 0. The number of aryl methyl sites for hydroxylation is 1. The number of benzene rings is 2. The van der Waals surface area contributed by atoms with Crippen molar-refractivity contribution in [3.8, 4) is 0 Å². The van der Waals surface area contributed by atoms with Gasteiger partial charge in [0.2, 0.25) is 0 Å². The average Bonchev–Trinajstić information content (AvgIpc) is 2.93. The molecule has 0 amide bonds. The zero-order chi connectivity index (χ0) is 15.4. The zero-order valence-electron chi connectivity index (χ0n) is 13.2. The Bertz CT molecular complexity index is 727. The molecule has 0 aromatic heterocycles. The number of allylic oxidation sites excluding steroid dienone is 4. The molecule has 0 radical (unpaired) electrons. The van der Waals surface area contributed by atoms with Crippen LogP contribution in [0.4, 0.5) is 0 Å². The van der Waals surface area contributed by atoms with E-state index in [9.17, 15) is 0 Å². The number of rotatable bonds is 5. The molecule has 2 aromatic rings. The van der Waals surface area contributed by atoms with Gasteiger partial charge in [-0.3, -0.25) is 0 Å². The van der Waals surface area contributed by atoms with Gasteiger partial charge in [0, 0.05) is 0 Å². The lowest BCUT2D eigenvalue weighted by Gasteiger charge is -2.07. The van der Waals surface area contributed by atoms with Gasteiger partial charge >= 0.3 is 0 Å². The predicted molar refractivity (Wildman–Crippen MR) is 96.7 cm³/mol. The molecule has 1 aliphatic rings. The average molecular weight is 286 g/mol. The Morgan fingerprint density at radius 3 is 2.68 bits per heavy atom. The second-order valence-corrected chi connectivity index (χ2v) is 6.03. The molecule has 2 aromatic carbocycles. The highest BCUT2D eigenvalue weighted by atomic mass is 14.2. The first-order valence-corrected chi connectivity index (χ1v) is 7.89. The van der Waals surface area contributed by atoms with Gasteiger partial charge in [-0.05, 0) is 48.4 Å². The van der Waals surface area contributed by atoms with Gasteiger partial charge in [0.1, 0.15) is 0 Å². The second-order valence-electron chi connectivity index (χ2n) is 6.03. The summed E-state index contributed by atoms with van der Waals surface area (Å²) in [6.07, 6.45) is 9.73. The van der Waals surface area contributed by atoms with E-state index in [1.807, 2.05) is 0 Å². The van der Waals surface area contributed by atoms with Crippen LogP contribution in [0, 0.1) is 6.92 Å². The highest BCUT2D eigenvalue weighted by Crippen LogP contribution is 2.32. The molecule has 1 aliphatic carbocycles. The zero-order valence-corrected chi connectivity index (χ0v) is 13.2. The van der Waals surface area contributed by atoms with E-state index in [-0.39, 0.29) is 0 Å². The summed E-state index contributed by atoms with van der Waals surface area (Å²) in [5.41, 5.74) is 8.11. The second kappa shape index (κ2) is 6.62. The molecular formula is C22H22. The van der Waals surface area contributed by atoms with Gasteiger partial charge in [-0.2, -0.15) is 0 Å². The molecular weight excluding hydrogens is 264 g/mol. The van der Waals surface area contributed by atoms with Crippen LogP contribution in [0.25, 0.3) is 11.6 Å². The monoisotopic (exact) mass is 286 g/mol. The van der Waals surface area contributed by atoms with Crippen LogP contribution in [0.3, 0.4) is 0 Å². The summed E-state index contributed by atoms with van der Waals surface area (Å²) in [6.45, 7) is 6.36. The maximum Gasteiger partial charge on any atom is -0.00637 e. The molecule has 0 fully saturated rings. The molecule has 0 aliphatic heterocycles. The fourth-order valence-electron chi connectivity index (χ4n) is 2.90.